The summed E-state index contributed by atoms with van der Waals surface area (Å²) in [4.78, 5) is 4.12. The van der Waals surface area contributed by atoms with Gasteiger partial charge in [0.1, 0.15) is 11.3 Å². The van der Waals surface area contributed by atoms with E-state index in [1.165, 1.54) is 0 Å². The van der Waals surface area contributed by atoms with Crippen molar-refractivity contribution in [3.05, 3.63) is 168 Å². The van der Waals surface area contributed by atoms with Crippen LogP contribution in [0.5, 0.6) is 5.75 Å². The lowest BCUT2D eigenvalue weighted by Crippen LogP contribution is -2.38. The lowest BCUT2D eigenvalue weighted by Gasteiger charge is -2.37. The molecule has 0 saturated carbocycles. The van der Waals surface area contributed by atoms with Gasteiger partial charge in [0.2, 0.25) is 0 Å². The van der Waals surface area contributed by atoms with E-state index in [4.69, 9.17) is 15.6 Å². The summed E-state index contributed by atoms with van der Waals surface area (Å²) in [5.41, 5.74) is 9.52. The molecule has 2 N–H and O–H groups in total. The molecule has 38 heavy (non-hydrogen) atoms. The van der Waals surface area contributed by atoms with Gasteiger partial charge < -0.3 is 10.5 Å². The molecular weight excluding hydrogens is 468 g/mol. The van der Waals surface area contributed by atoms with E-state index >= 15 is 0 Å². The third-order valence-corrected chi connectivity index (χ3v) is 7.13. The van der Waals surface area contributed by atoms with Crippen LogP contribution in [0.4, 0.5) is 5.69 Å². The van der Waals surface area contributed by atoms with E-state index in [-0.39, 0.29) is 0 Å². The highest BCUT2D eigenvalue weighted by atomic mass is 16.5. The van der Waals surface area contributed by atoms with Crippen LogP contribution in [0.2, 0.25) is 0 Å². The number of benzene rings is 3. The number of nitrogen functional groups attached to an aromatic ring is 1. The summed E-state index contributed by atoms with van der Waals surface area (Å²) in [6.45, 7) is 0. The molecule has 186 valence electrons. The van der Waals surface area contributed by atoms with Gasteiger partial charge in [-0.1, -0.05) is 109 Å². The Balaban J connectivity index is 1.57. The summed E-state index contributed by atoms with van der Waals surface area (Å²) in [5.74, 6) is 0.591. The largest absolute Gasteiger partial charge is 0.476 e. The van der Waals surface area contributed by atoms with Crippen LogP contribution in [-0.2, 0) is 11.1 Å². The zero-order valence-corrected chi connectivity index (χ0v) is 20.9. The highest BCUT2D eigenvalue weighted by Crippen LogP contribution is 2.43. The fourth-order valence-corrected chi connectivity index (χ4v) is 5.29. The van der Waals surface area contributed by atoms with Gasteiger partial charge in [-0.2, -0.15) is 5.10 Å². The van der Waals surface area contributed by atoms with Gasteiger partial charge in [-0.25, -0.2) is 0 Å². The molecule has 2 aromatic heterocycles. The minimum absolute atomic E-state index is 0.495. The maximum atomic E-state index is 6.65. The second-order valence-corrected chi connectivity index (χ2v) is 9.38. The molecule has 5 heteroatoms. The highest BCUT2D eigenvalue weighted by Gasteiger charge is 2.41. The van der Waals surface area contributed by atoms with Crippen molar-refractivity contribution in [1.82, 2.24) is 14.8 Å². The van der Waals surface area contributed by atoms with E-state index in [1.807, 2.05) is 36.5 Å². The molecule has 1 aliphatic rings. The van der Waals surface area contributed by atoms with Crippen LogP contribution in [-0.4, -0.2) is 14.8 Å². The van der Waals surface area contributed by atoms with E-state index in [2.05, 4.69) is 101 Å². The number of ether oxygens (including phenoxy) is 1. The lowest BCUT2D eigenvalue weighted by molar-refractivity contribution is 0.122. The molecule has 0 aliphatic heterocycles. The van der Waals surface area contributed by atoms with Crippen molar-refractivity contribution in [2.75, 3.05) is 5.73 Å². The number of anilines is 1. The van der Waals surface area contributed by atoms with Gasteiger partial charge in [-0.15, -0.1) is 0 Å². The van der Waals surface area contributed by atoms with Crippen molar-refractivity contribution in [3.63, 3.8) is 0 Å². The average molecular weight is 497 g/mol. The van der Waals surface area contributed by atoms with Crippen LogP contribution < -0.4 is 10.5 Å². The maximum Gasteiger partial charge on any atom is 0.159 e. The van der Waals surface area contributed by atoms with Crippen molar-refractivity contribution >= 4 is 5.69 Å². The van der Waals surface area contributed by atoms with Crippen molar-refractivity contribution in [2.24, 2.45) is 0 Å². The molecule has 6 rings (SSSR count). The second-order valence-electron chi connectivity index (χ2n) is 9.38. The van der Waals surface area contributed by atoms with Crippen molar-refractivity contribution < 1.29 is 4.74 Å². The number of hydrogen-bond acceptors (Lipinski definition) is 4. The number of allylic oxidation sites excluding steroid dienone is 2. The van der Waals surface area contributed by atoms with Gasteiger partial charge in [-0.3, -0.25) is 9.67 Å². The summed E-state index contributed by atoms with van der Waals surface area (Å²) in [5, 5.41) is 5.04. The van der Waals surface area contributed by atoms with E-state index in [0.29, 0.717) is 17.9 Å². The smallest absolute Gasteiger partial charge is 0.159 e. The Labute approximate surface area is 222 Å². The van der Waals surface area contributed by atoms with E-state index in [1.54, 1.807) is 18.5 Å². The summed E-state index contributed by atoms with van der Waals surface area (Å²) in [6, 6.07) is 33.3. The third-order valence-electron chi connectivity index (χ3n) is 7.13. The monoisotopic (exact) mass is 496 g/mol. The number of rotatable bonds is 7. The molecule has 3 aromatic carbocycles. The van der Waals surface area contributed by atoms with Crippen LogP contribution in [0, 0.1) is 0 Å². The lowest BCUT2D eigenvalue weighted by atomic mass is 9.77. The molecule has 0 spiro atoms. The van der Waals surface area contributed by atoms with Gasteiger partial charge in [0.15, 0.2) is 5.60 Å². The predicted octanol–water partition coefficient (Wildman–Crippen LogP) is 6.49. The predicted molar refractivity (Wildman–Crippen MR) is 151 cm³/mol. The van der Waals surface area contributed by atoms with Crippen LogP contribution in [0.3, 0.4) is 0 Å². The zero-order chi connectivity index (χ0) is 25.8. The number of nitrogens with zero attached hydrogens (tertiary/aromatic N) is 3. The highest BCUT2D eigenvalue weighted by molar-refractivity contribution is 5.52. The Kier molecular flexibility index (Phi) is 6.10. The Hall–Kier alpha value is -4.90. The van der Waals surface area contributed by atoms with Crippen molar-refractivity contribution in [1.29, 1.82) is 0 Å². The van der Waals surface area contributed by atoms with E-state index in [0.717, 1.165) is 22.3 Å². The molecule has 1 aliphatic carbocycles. The quantitative estimate of drug-likeness (QED) is 0.262. The second kappa shape index (κ2) is 9.87. The average Bonchev–Trinajstić information content (AvgIpc) is 3.49. The van der Waals surface area contributed by atoms with Gasteiger partial charge in [0.05, 0.1) is 18.1 Å². The van der Waals surface area contributed by atoms with Crippen molar-refractivity contribution in [3.8, 4) is 5.75 Å². The normalized spacial score (nSPS) is 16.8. The standard InChI is InChI=1S/C33H28N4O/c34-30-24-35-22-19-31(30)38-32(20-11-4-12-21-32)29-23-36-37(25-29)33(26-13-5-1-6-14-26,27-15-7-2-8-16-27)28-17-9-3-10-18-28/h1-20,22-25H,21,34H2. The topological polar surface area (TPSA) is 66.0 Å². The fourth-order valence-electron chi connectivity index (χ4n) is 5.29. The fraction of sp³-hybridized carbons (Fsp3) is 0.0909. The SMILES string of the molecule is Nc1cnccc1OC1(c2cnn(C(c3ccccc3)(c3ccccc3)c3ccccc3)c2)C=CC=CC1. The molecule has 0 radical (unpaired) electrons. The van der Waals surface area contributed by atoms with Gasteiger partial charge in [0.25, 0.3) is 0 Å². The maximum absolute atomic E-state index is 6.65. The van der Waals surface area contributed by atoms with Crippen molar-refractivity contribution in [2.45, 2.75) is 17.6 Å². The third kappa shape index (κ3) is 3.98. The Morgan fingerprint density at radius 1 is 0.763 bits per heavy atom. The molecule has 0 bridgehead atoms. The summed E-state index contributed by atoms with van der Waals surface area (Å²) in [6.07, 6.45) is 16.2. The summed E-state index contributed by atoms with van der Waals surface area (Å²) >= 11 is 0. The van der Waals surface area contributed by atoms with Crippen LogP contribution in [0.1, 0.15) is 28.7 Å². The van der Waals surface area contributed by atoms with E-state index < -0.39 is 11.1 Å². The Bertz CT molecular complexity index is 1480. The first-order valence-corrected chi connectivity index (χ1v) is 12.7. The molecule has 1 unspecified atom stereocenters. The molecule has 1 atom stereocenters. The molecule has 0 saturated heterocycles. The first-order valence-electron chi connectivity index (χ1n) is 12.7. The van der Waals surface area contributed by atoms with Gasteiger partial charge in [-0.05, 0) is 22.8 Å². The first kappa shape index (κ1) is 23.5. The van der Waals surface area contributed by atoms with Gasteiger partial charge in [0, 0.05) is 30.4 Å². The van der Waals surface area contributed by atoms with E-state index in [9.17, 15) is 0 Å². The van der Waals surface area contributed by atoms with Crippen LogP contribution in [0.15, 0.2) is 146 Å². The number of nitrogens with two attached hydrogens (primary N) is 1. The molecule has 0 fully saturated rings. The Morgan fingerprint density at radius 2 is 1.37 bits per heavy atom. The number of aromatic nitrogens is 3. The van der Waals surface area contributed by atoms with Crippen LogP contribution in [0.25, 0.3) is 0 Å². The van der Waals surface area contributed by atoms with Gasteiger partial charge >= 0.3 is 0 Å². The van der Waals surface area contributed by atoms with Crippen LogP contribution >= 0.6 is 0 Å². The zero-order valence-electron chi connectivity index (χ0n) is 20.9. The Morgan fingerprint density at radius 3 is 1.89 bits per heavy atom. The first-order chi connectivity index (χ1) is 18.7. The summed E-state index contributed by atoms with van der Waals surface area (Å²) in [7, 11) is 0. The molecule has 0 amide bonds. The molecule has 2 heterocycles. The minimum Gasteiger partial charge on any atom is -0.476 e. The number of pyridine rings is 1. The number of hydrogen-bond donors (Lipinski definition) is 1. The minimum atomic E-state index is -0.766. The summed E-state index contributed by atoms with van der Waals surface area (Å²) < 4.78 is 8.71. The molecule has 5 aromatic rings. The molecular formula is C33H28N4O. The molecule has 5 nitrogen and oxygen atoms in total.